The van der Waals surface area contributed by atoms with E-state index in [2.05, 4.69) is 30.6 Å². The topological polar surface area (TPSA) is 130 Å². The number of anilines is 1. The lowest BCUT2D eigenvalue weighted by molar-refractivity contribution is 0.102. The van der Waals surface area contributed by atoms with Crippen LogP contribution in [0.1, 0.15) is 16.1 Å². The molecule has 5 rings (SSSR count). The van der Waals surface area contributed by atoms with Crippen LogP contribution in [0.3, 0.4) is 0 Å². The van der Waals surface area contributed by atoms with E-state index in [0.717, 1.165) is 5.56 Å². The van der Waals surface area contributed by atoms with E-state index in [1.165, 1.54) is 0 Å². The molecule has 0 unspecified atom stereocenters. The number of hydrogen-bond acceptors (Lipinski definition) is 6. The Hall–Kier alpha value is -4.53. The van der Waals surface area contributed by atoms with Gasteiger partial charge in [-0.05, 0) is 25.1 Å². The van der Waals surface area contributed by atoms with Gasteiger partial charge in [0.05, 0.1) is 22.3 Å². The molecule has 1 amide bonds. The lowest BCUT2D eigenvalue weighted by Gasteiger charge is -2.09. The minimum absolute atomic E-state index is 0.298. The number of aryl methyl sites for hydroxylation is 1. The molecule has 9 heteroatoms. The van der Waals surface area contributed by atoms with Crippen molar-refractivity contribution in [3.63, 3.8) is 0 Å². The SMILES string of the molecule is Cc1noc2nc(-c3ccccc3)cc(C(=O)Nc3cccc(-c4n[nH]c(=O)[nH]4)c3)c12. The summed E-state index contributed by atoms with van der Waals surface area (Å²) in [6, 6.07) is 18.3. The minimum atomic E-state index is -0.403. The van der Waals surface area contributed by atoms with Crippen LogP contribution in [0.15, 0.2) is 70.0 Å². The standard InChI is InChI=1S/C22H16N6O3/c1-12-18-16(11-17(24-21(18)31-28-12)13-6-3-2-4-7-13)20(29)23-15-9-5-8-14(10-15)19-25-22(30)27-26-19/h2-11H,1H3,(H,23,29)(H2,25,26,27,30). The van der Waals surface area contributed by atoms with Crippen molar-refractivity contribution in [2.24, 2.45) is 0 Å². The molecule has 2 aromatic carbocycles. The van der Waals surface area contributed by atoms with Gasteiger partial charge in [0.1, 0.15) is 0 Å². The summed E-state index contributed by atoms with van der Waals surface area (Å²) in [5, 5.41) is 13.7. The first-order chi connectivity index (χ1) is 15.1. The van der Waals surface area contributed by atoms with Gasteiger partial charge in [0.15, 0.2) is 5.82 Å². The minimum Gasteiger partial charge on any atom is -0.335 e. The van der Waals surface area contributed by atoms with Crippen molar-refractivity contribution in [1.82, 2.24) is 25.3 Å². The number of amides is 1. The fourth-order valence-corrected chi connectivity index (χ4v) is 3.38. The Bertz CT molecular complexity index is 1470. The zero-order chi connectivity index (χ0) is 21.4. The van der Waals surface area contributed by atoms with E-state index >= 15 is 0 Å². The highest BCUT2D eigenvalue weighted by molar-refractivity contribution is 6.13. The molecule has 3 N–H and O–H groups in total. The molecule has 0 atom stereocenters. The maximum Gasteiger partial charge on any atom is 0.340 e. The highest BCUT2D eigenvalue weighted by Crippen LogP contribution is 2.28. The Labute approximate surface area is 175 Å². The number of nitrogens with zero attached hydrogens (tertiary/aromatic N) is 3. The van der Waals surface area contributed by atoms with Gasteiger partial charge in [0.2, 0.25) is 0 Å². The molecule has 0 aliphatic carbocycles. The van der Waals surface area contributed by atoms with E-state index in [0.29, 0.717) is 45.1 Å². The second-order valence-electron chi connectivity index (χ2n) is 6.93. The third-order valence-corrected chi connectivity index (χ3v) is 4.83. The van der Waals surface area contributed by atoms with Gasteiger partial charge in [-0.1, -0.05) is 47.6 Å². The Balaban J connectivity index is 1.54. The third-order valence-electron chi connectivity index (χ3n) is 4.83. The number of carbonyl (C=O) groups is 1. The van der Waals surface area contributed by atoms with Gasteiger partial charge in [-0.3, -0.25) is 9.78 Å². The van der Waals surface area contributed by atoms with Gasteiger partial charge in [0.25, 0.3) is 11.6 Å². The van der Waals surface area contributed by atoms with Crippen LogP contribution in [-0.2, 0) is 0 Å². The number of fused-ring (bicyclic) bond motifs is 1. The van der Waals surface area contributed by atoms with Crippen LogP contribution in [0.25, 0.3) is 33.7 Å². The molecule has 152 valence electrons. The average molecular weight is 412 g/mol. The molecule has 0 saturated carbocycles. The molecule has 0 spiro atoms. The van der Waals surface area contributed by atoms with E-state index in [1.807, 2.05) is 30.3 Å². The Morgan fingerprint density at radius 2 is 1.84 bits per heavy atom. The number of aromatic nitrogens is 5. The van der Waals surface area contributed by atoms with E-state index in [4.69, 9.17) is 4.52 Å². The molecule has 9 nitrogen and oxygen atoms in total. The number of nitrogens with one attached hydrogen (secondary N) is 3. The second-order valence-corrected chi connectivity index (χ2v) is 6.93. The molecule has 0 aliphatic heterocycles. The summed E-state index contributed by atoms with van der Waals surface area (Å²) in [6.45, 7) is 1.76. The summed E-state index contributed by atoms with van der Waals surface area (Å²) in [5.41, 5.74) is 3.55. The van der Waals surface area contributed by atoms with Crippen molar-refractivity contribution in [2.75, 3.05) is 5.32 Å². The lowest BCUT2D eigenvalue weighted by atomic mass is 10.0. The summed E-state index contributed by atoms with van der Waals surface area (Å²) in [4.78, 5) is 31.7. The number of hydrogen-bond donors (Lipinski definition) is 3. The molecular weight excluding hydrogens is 396 g/mol. The normalized spacial score (nSPS) is 11.0. The molecule has 0 radical (unpaired) electrons. The summed E-state index contributed by atoms with van der Waals surface area (Å²) in [7, 11) is 0. The van der Waals surface area contributed by atoms with Crippen molar-refractivity contribution in [2.45, 2.75) is 6.92 Å². The number of carbonyl (C=O) groups excluding carboxylic acids is 1. The van der Waals surface area contributed by atoms with Gasteiger partial charge in [-0.25, -0.2) is 14.9 Å². The van der Waals surface area contributed by atoms with Gasteiger partial charge >= 0.3 is 5.69 Å². The first-order valence-corrected chi connectivity index (χ1v) is 9.47. The second kappa shape index (κ2) is 7.38. The fraction of sp³-hybridized carbons (Fsp3) is 0.0455. The molecule has 3 aromatic heterocycles. The maximum atomic E-state index is 13.2. The largest absolute Gasteiger partial charge is 0.340 e. The van der Waals surface area contributed by atoms with E-state index in [9.17, 15) is 9.59 Å². The molecule has 0 aliphatic rings. The van der Waals surface area contributed by atoms with Crippen LogP contribution in [0.2, 0.25) is 0 Å². The average Bonchev–Trinajstić information content (AvgIpc) is 3.40. The van der Waals surface area contributed by atoms with Crippen LogP contribution >= 0.6 is 0 Å². The maximum absolute atomic E-state index is 13.2. The Morgan fingerprint density at radius 1 is 1.03 bits per heavy atom. The number of rotatable bonds is 4. The third kappa shape index (κ3) is 3.48. The first-order valence-electron chi connectivity index (χ1n) is 9.47. The van der Waals surface area contributed by atoms with Crippen LogP contribution < -0.4 is 11.0 Å². The van der Waals surface area contributed by atoms with Gasteiger partial charge in [0, 0.05) is 16.8 Å². The zero-order valence-corrected chi connectivity index (χ0v) is 16.3. The van der Waals surface area contributed by atoms with Crippen molar-refractivity contribution in [1.29, 1.82) is 0 Å². The van der Waals surface area contributed by atoms with Crippen molar-refractivity contribution in [3.8, 4) is 22.6 Å². The smallest absolute Gasteiger partial charge is 0.335 e. The molecule has 31 heavy (non-hydrogen) atoms. The van der Waals surface area contributed by atoms with Crippen molar-refractivity contribution in [3.05, 3.63) is 82.4 Å². The predicted octanol–water partition coefficient (Wildman–Crippen LogP) is 3.53. The quantitative estimate of drug-likeness (QED) is 0.414. The van der Waals surface area contributed by atoms with E-state index in [-0.39, 0.29) is 5.91 Å². The molecule has 0 fully saturated rings. The fourth-order valence-electron chi connectivity index (χ4n) is 3.38. The van der Waals surface area contributed by atoms with Crippen LogP contribution in [-0.4, -0.2) is 31.2 Å². The summed E-state index contributed by atoms with van der Waals surface area (Å²) < 4.78 is 5.34. The number of pyridine rings is 1. The summed E-state index contributed by atoms with van der Waals surface area (Å²) in [6.07, 6.45) is 0. The van der Waals surface area contributed by atoms with E-state index in [1.54, 1.807) is 37.3 Å². The van der Waals surface area contributed by atoms with Crippen molar-refractivity contribution < 1.29 is 9.32 Å². The van der Waals surface area contributed by atoms with Gasteiger partial charge < -0.3 is 9.84 Å². The zero-order valence-electron chi connectivity index (χ0n) is 16.3. The number of H-pyrrole nitrogens is 2. The number of benzene rings is 2. The van der Waals surface area contributed by atoms with Crippen LogP contribution in [0, 0.1) is 6.92 Å². The highest BCUT2D eigenvalue weighted by atomic mass is 16.5. The molecule has 3 heterocycles. The van der Waals surface area contributed by atoms with Crippen molar-refractivity contribution >= 4 is 22.7 Å². The van der Waals surface area contributed by atoms with Crippen LogP contribution in [0.4, 0.5) is 5.69 Å². The van der Waals surface area contributed by atoms with Gasteiger partial charge in [-0.15, -0.1) is 0 Å². The monoisotopic (exact) mass is 412 g/mol. The Morgan fingerprint density at radius 3 is 2.61 bits per heavy atom. The first kappa shape index (κ1) is 18.5. The van der Waals surface area contributed by atoms with E-state index < -0.39 is 5.69 Å². The van der Waals surface area contributed by atoms with Crippen LogP contribution in [0.5, 0.6) is 0 Å². The number of aromatic amines is 2. The molecular formula is C22H16N6O3. The van der Waals surface area contributed by atoms with Gasteiger partial charge in [-0.2, -0.15) is 5.10 Å². The highest BCUT2D eigenvalue weighted by Gasteiger charge is 2.19. The molecule has 5 aromatic rings. The summed E-state index contributed by atoms with van der Waals surface area (Å²) >= 11 is 0. The summed E-state index contributed by atoms with van der Waals surface area (Å²) in [5.74, 6) is 0.0530. The Kier molecular flexibility index (Phi) is 4.40. The molecule has 0 bridgehead atoms. The molecule has 0 saturated heterocycles. The lowest BCUT2D eigenvalue weighted by Crippen LogP contribution is -2.13. The predicted molar refractivity (Wildman–Crippen MR) is 115 cm³/mol.